The van der Waals surface area contributed by atoms with Crippen molar-refractivity contribution in [1.82, 2.24) is 10.2 Å². The van der Waals surface area contributed by atoms with Gasteiger partial charge in [0.05, 0.1) is 10.6 Å². The van der Waals surface area contributed by atoms with Crippen LogP contribution in [0, 0.1) is 5.82 Å². The van der Waals surface area contributed by atoms with Crippen LogP contribution in [0.4, 0.5) is 10.1 Å². The van der Waals surface area contributed by atoms with Crippen LogP contribution < -0.4 is 9.62 Å². The molecule has 0 heterocycles. The van der Waals surface area contributed by atoms with Gasteiger partial charge >= 0.3 is 0 Å². The zero-order valence-corrected chi connectivity index (χ0v) is 23.0. The smallest absolute Gasteiger partial charge is 0.264 e. The largest absolute Gasteiger partial charge is 0.352 e. The van der Waals surface area contributed by atoms with Crippen molar-refractivity contribution in [1.29, 1.82) is 0 Å². The summed E-state index contributed by atoms with van der Waals surface area (Å²) in [5.41, 5.74) is 0.788. The van der Waals surface area contributed by atoms with Crippen molar-refractivity contribution in [3.8, 4) is 0 Å². The van der Waals surface area contributed by atoms with Gasteiger partial charge in [0, 0.05) is 17.6 Å². The molecule has 2 atom stereocenters. The van der Waals surface area contributed by atoms with Gasteiger partial charge < -0.3 is 10.2 Å². The molecule has 0 aliphatic carbocycles. The lowest BCUT2D eigenvalue weighted by atomic mass is 10.1. The highest BCUT2D eigenvalue weighted by atomic mass is 35.5. The molecule has 0 radical (unpaired) electrons. The van der Waals surface area contributed by atoms with Crippen LogP contribution >= 0.6 is 11.6 Å². The quantitative estimate of drug-likeness (QED) is 0.358. The number of nitrogens with zero attached hydrogens (tertiary/aromatic N) is 2. The van der Waals surface area contributed by atoms with Crippen molar-refractivity contribution in [3.05, 3.63) is 95.3 Å². The number of rotatable bonds is 11. The van der Waals surface area contributed by atoms with E-state index in [1.165, 1.54) is 47.4 Å². The first kappa shape index (κ1) is 29.1. The van der Waals surface area contributed by atoms with Crippen molar-refractivity contribution in [2.45, 2.75) is 50.7 Å². The standard InChI is InChI=1S/C28H31ClFN3O4S/c1-4-20(2)31-28(35)21(3)32(18-22-13-15-24(30)16-14-22)27(34)19-33(25-10-8-9-23(29)17-25)38(36,37)26-11-6-5-7-12-26/h5-17,20-21H,4,18-19H2,1-3H3,(H,31,35)/t20-,21-/m1/s1. The molecule has 0 bridgehead atoms. The van der Waals surface area contributed by atoms with Crippen LogP contribution in [-0.2, 0) is 26.2 Å². The minimum absolute atomic E-state index is 0.000391. The Bertz CT molecular complexity index is 1350. The number of hydrogen-bond acceptors (Lipinski definition) is 4. The average molecular weight is 560 g/mol. The van der Waals surface area contributed by atoms with Crippen LogP contribution in [0.25, 0.3) is 0 Å². The minimum atomic E-state index is -4.17. The van der Waals surface area contributed by atoms with Gasteiger partial charge in [-0.05, 0) is 68.3 Å². The SMILES string of the molecule is CC[C@@H](C)NC(=O)[C@@H](C)N(Cc1ccc(F)cc1)C(=O)CN(c1cccc(Cl)c1)S(=O)(=O)c1ccccc1. The summed E-state index contributed by atoms with van der Waals surface area (Å²) in [5, 5.41) is 3.16. The monoisotopic (exact) mass is 559 g/mol. The molecule has 202 valence electrons. The number of halogens is 2. The van der Waals surface area contributed by atoms with E-state index >= 15 is 0 Å². The number of benzene rings is 3. The maximum absolute atomic E-state index is 13.8. The summed E-state index contributed by atoms with van der Waals surface area (Å²) < 4.78 is 41.8. The fourth-order valence-electron chi connectivity index (χ4n) is 3.71. The first-order valence-corrected chi connectivity index (χ1v) is 14.0. The van der Waals surface area contributed by atoms with Crippen molar-refractivity contribution in [3.63, 3.8) is 0 Å². The van der Waals surface area contributed by atoms with E-state index in [1.54, 1.807) is 43.3 Å². The molecule has 0 unspecified atom stereocenters. The van der Waals surface area contributed by atoms with Crippen LogP contribution in [-0.4, -0.2) is 43.8 Å². The van der Waals surface area contributed by atoms with Crippen molar-refractivity contribution in [2.75, 3.05) is 10.8 Å². The van der Waals surface area contributed by atoms with Crippen LogP contribution in [0.3, 0.4) is 0 Å². The number of carbonyl (C=O) groups is 2. The average Bonchev–Trinajstić information content (AvgIpc) is 2.91. The van der Waals surface area contributed by atoms with Crippen LogP contribution in [0.2, 0.25) is 5.02 Å². The first-order valence-electron chi connectivity index (χ1n) is 12.2. The van der Waals surface area contributed by atoms with Gasteiger partial charge in [-0.1, -0.05) is 54.9 Å². The third-order valence-electron chi connectivity index (χ3n) is 6.14. The maximum atomic E-state index is 13.8. The highest BCUT2D eigenvalue weighted by Crippen LogP contribution is 2.26. The van der Waals surface area contributed by atoms with E-state index in [-0.39, 0.29) is 29.1 Å². The predicted octanol–water partition coefficient (Wildman–Crippen LogP) is 5.01. The van der Waals surface area contributed by atoms with Crippen LogP contribution in [0.15, 0.2) is 83.8 Å². The molecule has 38 heavy (non-hydrogen) atoms. The van der Waals surface area contributed by atoms with E-state index in [0.717, 1.165) is 4.31 Å². The summed E-state index contributed by atoms with van der Waals surface area (Å²) in [7, 11) is -4.17. The summed E-state index contributed by atoms with van der Waals surface area (Å²) in [6.07, 6.45) is 0.697. The fraction of sp³-hybridized carbons (Fsp3) is 0.286. The predicted molar refractivity (Wildman–Crippen MR) is 147 cm³/mol. The lowest BCUT2D eigenvalue weighted by Gasteiger charge is -2.32. The van der Waals surface area contributed by atoms with E-state index < -0.39 is 34.3 Å². The highest BCUT2D eigenvalue weighted by molar-refractivity contribution is 7.92. The summed E-state index contributed by atoms with van der Waals surface area (Å²) in [6.45, 7) is 4.75. The molecule has 0 aromatic heterocycles. The molecule has 0 saturated heterocycles. The number of anilines is 1. The third kappa shape index (κ3) is 7.33. The Kier molecular flexibility index (Phi) is 9.88. The molecule has 2 amide bonds. The Hall–Kier alpha value is -3.43. The third-order valence-corrected chi connectivity index (χ3v) is 8.16. The van der Waals surface area contributed by atoms with Crippen LogP contribution in [0.1, 0.15) is 32.8 Å². The summed E-state index contributed by atoms with van der Waals surface area (Å²) in [4.78, 5) is 28.1. The zero-order valence-electron chi connectivity index (χ0n) is 21.5. The van der Waals surface area contributed by atoms with E-state index in [4.69, 9.17) is 11.6 Å². The summed E-state index contributed by atoms with van der Waals surface area (Å²) in [5.74, 6) is -1.43. The van der Waals surface area contributed by atoms with Gasteiger partial charge in [-0.25, -0.2) is 12.8 Å². The van der Waals surface area contributed by atoms with Gasteiger partial charge in [-0.2, -0.15) is 0 Å². The second kappa shape index (κ2) is 12.9. The molecular formula is C28H31ClFN3O4S. The van der Waals surface area contributed by atoms with Gasteiger partial charge in [-0.15, -0.1) is 0 Å². The molecule has 0 fully saturated rings. The van der Waals surface area contributed by atoms with E-state index in [1.807, 2.05) is 13.8 Å². The molecule has 3 aromatic carbocycles. The van der Waals surface area contributed by atoms with Gasteiger partial charge in [0.2, 0.25) is 11.8 Å². The number of carbonyl (C=O) groups excluding carboxylic acids is 2. The van der Waals surface area contributed by atoms with Crippen molar-refractivity contribution >= 4 is 39.1 Å². The Morgan fingerprint density at radius 3 is 2.24 bits per heavy atom. The van der Waals surface area contributed by atoms with E-state index in [9.17, 15) is 22.4 Å². The molecule has 7 nitrogen and oxygen atoms in total. The maximum Gasteiger partial charge on any atom is 0.264 e. The first-order chi connectivity index (χ1) is 18.0. The van der Waals surface area contributed by atoms with Gasteiger partial charge in [-0.3, -0.25) is 13.9 Å². The molecule has 0 aliphatic rings. The minimum Gasteiger partial charge on any atom is -0.352 e. The Morgan fingerprint density at radius 2 is 1.63 bits per heavy atom. The molecule has 0 aliphatic heterocycles. The summed E-state index contributed by atoms with van der Waals surface area (Å²) in [6, 6.07) is 18.5. The Balaban J connectivity index is 2.01. The van der Waals surface area contributed by atoms with Gasteiger partial charge in [0.1, 0.15) is 18.4 Å². The zero-order chi connectivity index (χ0) is 27.9. The van der Waals surface area contributed by atoms with E-state index in [2.05, 4.69) is 5.32 Å². The van der Waals surface area contributed by atoms with Gasteiger partial charge in [0.15, 0.2) is 0 Å². The Labute approximate surface area is 228 Å². The second-order valence-corrected chi connectivity index (χ2v) is 11.2. The number of nitrogens with one attached hydrogen (secondary N) is 1. The molecule has 0 spiro atoms. The van der Waals surface area contributed by atoms with E-state index in [0.29, 0.717) is 17.0 Å². The number of sulfonamides is 1. The lowest BCUT2D eigenvalue weighted by Crippen LogP contribution is -2.52. The molecule has 3 aromatic rings. The normalized spacial score (nSPS) is 12.9. The molecule has 0 saturated carbocycles. The Morgan fingerprint density at radius 1 is 0.974 bits per heavy atom. The highest BCUT2D eigenvalue weighted by Gasteiger charge is 2.32. The molecular weight excluding hydrogens is 529 g/mol. The topological polar surface area (TPSA) is 86.8 Å². The summed E-state index contributed by atoms with van der Waals surface area (Å²) >= 11 is 6.16. The second-order valence-electron chi connectivity index (χ2n) is 8.95. The number of hydrogen-bond donors (Lipinski definition) is 1. The molecule has 10 heteroatoms. The fourth-order valence-corrected chi connectivity index (χ4v) is 5.33. The lowest BCUT2D eigenvalue weighted by molar-refractivity contribution is -0.139. The van der Waals surface area contributed by atoms with Crippen molar-refractivity contribution < 1.29 is 22.4 Å². The van der Waals surface area contributed by atoms with Gasteiger partial charge in [0.25, 0.3) is 10.0 Å². The molecule has 3 rings (SSSR count). The number of amides is 2. The van der Waals surface area contributed by atoms with Crippen LogP contribution in [0.5, 0.6) is 0 Å². The van der Waals surface area contributed by atoms with Crippen molar-refractivity contribution in [2.24, 2.45) is 0 Å². The molecule has 1 N–H and O–H groups in total.